The number of thioether (sulfide) groups is 1. The van der Waals surface area contributed by atoms with Crippen molar-refractivity contribution >= 4 is 17.7 Å². The number of hydrogen-bond donors (Lipinski definition) is 2. The minimum absolute atomic E-state index is 0.0340. The number of amides is 1. The molecule has 0 spiro atoms. The summed E-state index contributed by atoms with van der Waals surface area (Å²) in [5.74, 6) is 7.61. The third-order valence-corrected chi connectivity index (χ3v) is 4.36. The van der Waals surface area contributed by atoms with Crippen LogP contribution in [0.5, 0.6) is 0 Å². The molecule has 1 aromatic rings. The lowest BCUT2D eigenvalue weighted by atomic mass is 10.1. The van der Waals surface area contributed by atoms with Crippen molar-refractivity contribution in [2.45, 2.75) is 25.8 Å². The zero-order valence-corrected chi connectivity index (χ0v) is 12.4. The topological polar surface area (TPSA) is 49.3 Å². The molecule has 2 N–H and O–H groups in total. The lowest BCUT2D eigenvalue weighted by Crippen LogP contribution is -2.38. The summed E-state index contributed by atoms with van der Waals surface area (Å²) in [4.78, 5) is 12.3. The number of hydrogen-bond acceptors (Lipinski definition) is 3. The molecule has 1 heterocycles. The van der Waals surface area contributed by atoms with E-state index in [0.29, 0.717) is 5.56 Å². The Morgan fingerprint density at radius 2 is 2.35 bits per heavy atom. The molecule has 0 radical (unpaired) electrons. The van der Waals surface area contributed by atoms with Gasteiger partial charge < -0.3 is 10.4 Å². The summed E-state index contributed by atoms with van der Waals surface area (Å²) in [5, 5.41) is 11.8. The summed E-state index contributed by atoms with van der Waals surface area (Å²) >= 11 is 1.89. The van der Waals surface area contributed by atoms with E-state index in [0.717, 1.165) is 29.7 Å². The van der Waals surface area contributed by atoms with E-state index in [-0.39, 0.29) is 18.6 Å². The molecule has 1 aliphatic heterocycles. The van der Waals surface area contributed by atoms with Crippen molar-refractivity contribution in [1.82, 2.24) is 5.32 Å². The summed E-state index contributed by atoms with van der Waals surface area (Å²) in [6.07, 6.45) is 2.22. The van der Waals surface area contributed by atoms with Gasteiger partial charge in [0, 0.05) is 22.9 Å². The number of aryl methyl sites for hydroxylation is 1. The fraction of sp³-hybridized carbons (Fsp3) is 0.438. The number of rotatable bonds is 2. The summed E-state index contributed by atoms with van der Waals surface area (Å²) < 4.78 is 0. The molecule has 0 bridgehead atoms. The van der Waals surface area contributed by atoms with Gasteiger partial charge in [-0.1, -0.05) is 11.8 Å². The van der Waals surface area contributed by atoms with Gasteiger partial charge >= 0.3 is 0 Å². The molecule has 3 nitrogen and oxygen atoms in total. The number of aliphatic hydroxyl groups is 1. The molecule has 1 aromatic carbocycles. The van der Waals surface area contributed by atoms with E-state index < -0.39 is 0 Å². The average Bonchev–Trinajstić information content (AvgIpc) is 2.45. The van der Waals surface area contributed by atoms with Crippen LogP contribution in [0.1, 0.15) is 34.3 Å². The van der Waals surface area contributed by atoms with Crippen LogP contribution in [-0.2, 0) is 0 Å². The Kier molecular flexibility index (Phi) is 5.51. The second-order valence-corrected chi connectivity index (χ2v) is 6.08. The van der Waals surface area contributed by atoms with Gasteiger partial charge in [0.1, 0.15) is 6.61 Å². The number of carbonyl (C=O) groups excluding carboxylic acids is 1. The van der Waals surface area contributed by atoms with Gasteiger partial charge in [-0.2, -0.15) is 11.8 Å². The molecule has 20 heavy (non-hydrogen) atoms. The van der Waals surface area contributed by atoms with Crippen LogP contribution in [0.4, 0.5) is 0 Å². The van der Waals surface area contributed by atoms with E-state index in [1.165, 1.54) is 5.75 Å². The lowest BCUT2D eigenvalue weighted by molar-refractivity contribution is 0.0938. The van der Waals surface area contributed by atoms with Crippen molar-refractivity contribution in [1.29, 1.82) is 0 Å². The van der Waals surface area contributed by atoms with E-state index in [4.69, 9.17) is 5.11 Å². The maximum Gasteiger partial charge on any atom is 0.251 e. The van der Waals surface area contributed by atoms with E-state index in [1.807, 2.05) is 30.8 Å². The Morgan fingerprint density at radius 1 is 1.50 bits per heavy atom. The first-order valence-corrected chi connectivity index (χ1v) is 7.94. The van der Waals surface area contributed by atoms with Gasteiger partial charge in [-0.25, -0.2) is 0 Å². The third kappa shape index (κ3) is 4.29. The molecule has 0 aromatic heterocycles. The molecule has 4 heteroatoms. The maximum atomic E-state index is 12.3. The molecule has 1 fully saturated rings. The molecule has 1 amide bonds. The normalized spacial score (nSPS) is 18.0. The fourth-order valence-corrected chi connectivity index (χ4v) is 3.32. The Labute approximate surface area is 124 Å². The summed E-state index contributed by atoms with van der Waals surface area (Å²) in [5.41, 5.74) is 2.41. The van der Waals surface area contributed by atoms with E-state index in [9.17, 15) is 4.79 Å². The van der Waals surface area contributed by atoms with Crippen LogP contribution in [0, 0.1) is 18.8 Å². The van der Waals surface area contributed by atoms with E-state index in [1.54, 1.807) is 6.07 Å². The molecular formula is C16H19NO2S. The molecule has 1 saturated heterocycles. The van der Waals surface area contributed by atoms with Crippen LogP contribution >= 0.6 is 11.8 Å². The van der Waals surface area contributed by atoms with Crippen LogP contribution in [0.3, 0.4) is 0 Å². The molecule has 1 aliphatic rings. The van der Waals surface area contributed by atoms with Crippen molar-refractivity contribution in [2.75, 3.05) is 18.1 Å². The van der Waals surface area contributed by atoms with Crippen LogP contribution in [-0.4, -0.2) is 35.2 Å². The largest absolute Gasteiger partial charge is 0.384 e. The van der Waals surface area contributed by atoms with Gasteiger partial charge in [0.15, 0.2) is 0 Å². The van der Waals surface area contributed by atoms with Crippen molar-refractivity contribution < 1.29 is 9.90 Å². The summed E-state index contributed by atoms with van der Waals surface area (Å²) in [6, 6.07) is 5.83. The van der Waals surface area contributed by atoms with Gasteiger partial charge in [-0.3, -0.25) is 4.79 Å². The molecular weight excluding hydrogens is 270 g/mol. The first kappa shape index (κ1) is 15.0. The second-order valence-electron chi connectivity index (χ2n) is 4.94. The van der Waals surface area contributed by atoms with Gasteiger partial charge in [-0.15, -0.1) is 0 Å². The Bertz CT molecular complexity index is 539. The van der Waals surface area contributed by atoms with Crippen LogP contribution in [0.2, 0.25) is 0 Å². The smallest absolute Gasteiger partial charge is 0.251 e. The molecule has 2 rings (SSSR count). The minimum atomic E-state index is -0.172. The van der Waals surface area contributed by atoms with Gasteiger partial charge in [0.05, 0.1) is 0 Å². The molecule has 1 unspecified atom stereocenters. The van der Waals surface area contributed by atoms with Crippen molar-refractivity contribution in [2.24, 2.45) is 0 Å². The van der Waals surface area contributed by atoms with E-state index >= 15 is 0 Å². The highest BCUT2D eigenvalue weighted by Gasteiger charge is 2.17. The standard InChI is InChI=1S/C16H19NO2S/c1-12-8-13(4-2-6-18)10-14(9-12)16(19)17-15-5-3-7-20-11-15/h8-10,15,18H,3,5-7,11H2,1H3,(H,17,19). The highest BCUT2D eigenvalue weighted by molar-refractivity contribution is 7.99. The van der Waals surface area contributed by atoms with Crippen molar-refractivity contribution in [3.8, 4) is 11.8 Å². The SMILES string of the molecule is Cc1cc(C#CCO)cc(C(=O)NC2CCCSC2)c1. The molecule has 1 atom stereocenters. The quantitative estimate of drug-likeness (QED) is 0.818. The highest BCUT2D eigenvalue weighted by Crippen LogP contribution is 2.17. The summed E-state index contributed by atoms with van der Waals surface area (Å²) in [6.45, 7) is 1.77. The Balaban J connectivity index is 2.10. The third-order valence-electron chi connectivity index (χ3n) is 3.15. The average molecular weight is 289 g/mol. The highest BCUT2D eigenvalue weighted by atomic mass is 32.2. The zero-order chi connectivity index (χ0) is 14.4. The van der Waals surface area contributed by atoms with Gasteiger partial charge in [0.2, 0.25) is 0 Å². The lowest BCUT2D eigenvalue weighted by Gasteiger charge is -2.22. The maximum absolute atomic E-state index is 12.3. The Morgan fingerprint density at radius 3 is 3.05 bits per heavy atom. The first-order chi connectivity index (χ1) is 9.69. The molecule has 106 valence electrons. The molecule has 0 aliphatic carbocycles. The number of nitrogens with one attached hydrogen (secondary N) is 1. The molecule has 0 saturated carbocycles. The number of benzene rings is 1. The van der Waals surface area contributed by atoms with Crippen molar-refractivity contribution in [3.63, 3.8) is 0 Å². The van der Waals surface area contributed by atoms with Crippen molar-refractivity contribution in [3.05, 3.63) is 34.9 Å². The van der Waals surface area contributed by atoms with E-state index in [2.05, 4.69) is 17.2 Å². The second kappa shape index (κ2) is 7.37. The van der Waals surface area contributed by atoms with Crippen LogP contribution in [0.25, 0.3) is 0 Å². The van der Waals surface area contributed by atoms with Crippen LogP contribution in [0.15, 0.2) is 18.2 Å². The first-order valence-electron chi connectivity index (χ1n) is 6.79. The predicted octanol–water partition coefficient (Wildman–Crippen LogP) is 1.96. The zero-order valence-electron chi connectivity index (χ0n) is 11.6. The van der Waals surface area contributed by atoms with Gasteiger partial charge in [0.25, 0.3) is 5.91 Å². The predicted molar refractivity (Wildman–Crippen MR) is 83.0 cm³/mol. The Hall–Kier alpha value is -1.44. The monoisotopic (exact) mass is 289 g/mol. The van der Waals surface area contributed by atoms with Crippen LogP contribution < -0.4 is 5.32 Å². The minimum Gasteiger partial charge on any atom is -0.384 e. The number of carbonyl (C=O) groups is 1. The fourth-order valence-electron chi connectivity index (χ4n) is 2.25. The summed E-state index contributed by atoms with van der Waals surface area (Å²) in [7, 11) is 0. The van der Waals surface area contributed by atoms with Gasteiger partial charge in [-0.05, 0) is 49.3 Å². The number of aliphatic hydroxyl groups excluding tert-OH is 1.